The van der Waals surface area contributed by atoms with Gasteiger partial charge in [-0.05, 0) is 43.5 Å². The first-order valence-corrected chi connectivity index (χ1v) is 6.59. The first-order chi connectivity index (χ1) is 8.49. The molecule has 0 bridgehead atoms. The maximum Gasteiger partial charge on any atom is 0.326 e. The fourth-order valence-corrected chi connectivity index (χ4v) is 2.90. The Morgan fingerprint density at radius 1 is 1.39 bits per heavy atom. The molecular formula is C13H14BrNO3. The third-order valence-corrected chi connectivity index (χ3v) is 3.55. The summed E-state index contributed by atoms with van der Waals surface area (Å²) in [4.78, 5) is 24.8. The Labute approximate surface area is 114 Å². The first kappa shape index (κ1) is 13.1. The number of carbonyl (C=O) groups excluding carboxylic acids is 1. The maximum atomic E-state index is 12.3. The molecule has 18 heavy (non-hydrogen) atoms. The number of carboxylic acids is 1. The van der Waals surface area contributed by atoms with Crippen molar-refractivity contribution in [3.05, 3.63) is 33.8 Å². The normalized spacial score (nSPS) is 19.0. The third kappa shape index (κ3) is 2.56. The highest BCUT2D eigenvalue weighted by Gasteiger charge is 2.34. The van der Waals surface area contributed by atoms with E-state index in [0.29, 0.717) is 18.5 Å². The molecule has 1 N–H and O–H groups in total. The molecular weight excluding hydrogens is 298 g/mol. The van der Waals surface area contributed by atoms with Crippen molar-refractivity contribution >= 4 is 27.8 Å². The molecule has 1 heterocycles. The molecule has 1 aliphatic rings. The molecule has 4 nitrogen and oxygen atoms in total. The van der Waals surface area contributed by atoms with E-state index in [1.54, 1.807) is 12.1 Å². The van der Waals surface area contributed by atoms with Crippen LogP contribution in [-0.4, -0.2) is 34.5 Å². The van der Waals surface area contributed by atoms with Crippen molar-refractivity contribution < 1.29 is 14.7 Å². The molecule has 1 amide bonds. The zero-order chi connectivity index (χ0) is 13.3. The molecule has 1 saturated heterocycles. The number of rotatable bonds is 2. The summed E-state index contributed by atoms with van der Waals surface area (Å²) < 4.78 is 0.830. The van der Waals surface area contributed by atoms with Crippen molar-refractivity contribution in [3.63, 3.8) is 0 Å². The van der Waals surface area contributed by atoms with Gasteiger partial charge in [-0.15, -0.1) is 0 Å². The SMILES string of the molecule is Cc1cc(Br)cc(C(=O)N2CCC[C@H]2C(=O)O)c1. The number of hydrogen-bond donors (Lipinski definition) is 1. The second-order valence-electron chi connectivity index (χ2n) is 4.51. The predicted molar refractivity (Wildman–Crippen MR) is 70.6 cm³/mol. The summed E-state index contributed by atoms with van der Waals surface area (Å²) in [5, 5.41) is 9.09. The molecule has 0 unspecified atom stereocenters. The number of amides is 1. The van der Waals surface area contributed by atoms with Crippen LogP contribution in [0.4, 0.5) is 0 Å². The molecule has 1 fully saturated rings. The zero-order valence-corrected chi connectivity index (χ0v) is 11.6. The Bertz CT molecular complexity index is 481. The Morgan fingerprint density at radius 3 is 2.72 bits per heavy atom. The number of carbonyl (C=O) groups is 2. The molecule has 0 aliphatic carbocycles. The van der Waals surface area contributed by atoms with Crippen LogP contribution in [-0.2, 0) is 4.79 Å². The number of likely N-dealkylation sites (tertiary alicyclic amines) is 1. The summed E-state index contributed by atoms with van der Waals surface area (Å²) >= 11 is 3.35. The van der Waals surface area contributed by atoms with Gasteiger partial charge in [-0.25, -0.2) is 4.79 Å². The fraction of sp³-hybridized carbons (Fsp3) is 0.385. The van der Waals surface area contributed by atoms with Crippen molar-refractivity contribution in [2.75, 3.05) is 6.54 Å². The lowest BCUT2D eigenvalue weighted by Gasteiger charge is -2.21. The van der Waals surface area contributed by atoms with Gasteiger partial charge in [-0.3, -0.25) is 4.79 Å². The van der Waals surface area contributed by atoms with E-state index in [1.807, 2.05) is 13.0 Å². The van der Waals surface area contributed by atoms with Gasteiger partial charge in [0.1, 0.15) is 6.04 Å². The minimum Gasteiger partial charge on any atom is -0.480 e. The average molecular weight is 312 g/mol. The molecule has 1 aromatic carbocycles. The van der Waals surface area contributed by atoms with Crippen LogP contribution < -0.4 is 0 Å². The molecule has 0 saturated carbocycles. The van der Waals surface area contributed by atoms with Gasteiger partial charge < -0.3 is 10.0 Å². The lowest BCUT2D eigenvalue weighted by molar-refractivity contribution is -0.141. The van der Waals surface area contributed by atoms with Gasteiger partial charge in [0.15, 0.2) is 0 Å². The van der Waals surface area contributed by atoms with E-state index in [9.17, 15) is 9.59 Å². The predicted octanol–water partition coefficient (Wildman–Crippen LogP) is 2.45. The number of hydrogen-bond acceptors (Lipinski definition) is 2. The number of aliphatic carboxylic acids is 1. The van der Waals surface area contributed by atoms with Crippen LogP contribution in [0.5, 0.6) is 0 Å². The van der Waals surface area contributed by atoms with Crippen molar-refractivity contribution in [2.45, 2.75) is 25.8 Å². The number of aryl methyl sites for hydroxylation is 1. The molecule has 1 aromatic rings. The van der Waals surface area contributed by atoms with Crippen molar-refractivity contribution in [1.29, 1.82) is 0 Å². The maximum absolute atomic E-state index is 12.3. The van der Waals surface area contributed by atoms with E-state index in [0.717, 1.165) is 16.5 Å². The summed E-state index contributed by atoms with van der Waals surface area (Å²) in [6, 6.07) is 4.74. The minimum absolute atomic E-state index is 0.204. The molecule has 0 spiro atoms. The molecule has 0 radical (unpaired) electrons. The van der Waals surface area contributed by atoms with Gasteiger partial charge in [0.2, 0.25) is 0 Å². The summed E-state index contributed by atoms with van der Waals surface area (Å²) in [6.45, 7) is 2.42. The van der Waals surface area contributed by atoms with Crippen molar-refractivity contribution in [2.24, 2.45) is 0 Å². The second-order valence-corrected chi connectivity index (χ2v) is 5.43. The third-order valence-electron chi connectivity index (χ3n) is 3.09. The quantitative estimate of drug-likeness (QED) is 0.912. The number of halogens is 1. The van der Waals surface area contributed by atoms with Crippen LogP contribution in [0.25, 0.3) is 0 Å². The van der Waals surface area contributed by atoms with Crippen LogP contribution in [0.15, 0.2) is 22.7 Å². The van der Waals surface area contributed by atoms with Crippen LogP contribution in [0, 0.1) is 6.92 Å². The molecule has 2 rings (SSSR count). The largest absolute Gasteiger partial charge is 0.480 e. The molecule has 1 atom stereocenters. The Balaban J connectivity index is 2.28. The van der Waals surface area contributed by atoms with Crippen LogP contribution >= 0.6 is 15.9 Å². The summed E-state index contributed by atoms with van der Waals surface area (Å²) in [6.07, 6.45) is 1.28. The van der Waals surface area contributed by atoms with Gasteiger partial charge in [-0.1, -0.05) is 15.9 Å². The van der Waals surface area contributed by atoms with Crippen molar-refractivity contribution in [1.82, 2.24) is 4.90 Å². The molecule has 5 heteroatoms. The number of carboxylic acid groups (broad SMARTS) is 1. The Kier molecular flexibility index (Phi) is 3.71. The summed E-state index contributed by atoms with van der Waals surface area (Å²) in [5.41, 5.74) is 1.51. The highest BCUT2D eigenvalue weighted by Crippen LogP contribution is 2.22. The monoisotopic (exact) mass is 311 g/mol. The van der Waals surface area contributed by atoms with Gasteiger partial charge >= 0.3 is 5.97 Å². The highest BCUT2D eigenvalue weighted by molar-refractivity contribution is 9.10. The van der Waals surface area contributed by atoms with Gasteiger partial charge in [0.25, 0.3) is 5.91 Å². The van der Waals surface area contributed by atoms with Gasteiger partial charge in [-0.2, -0.15) is 0 Å². The summed E-state index contributed by atoms with van der Waals surface area (Å²) in [7, 11) is 0. The fourth-order valence-electron chi connectivity index (χ4n) is 2.29. The van der Waals surface area contributed by atoms with Gasteiger partial charge in [0, 0.05) is 16.6 Å². The topological polar surface area (TPSA) is 57.6 Å². The zero-order valence-electron chi connectivity index (χ0n) is 10.0. The lowest BCUT2D eigenvalue weighted by atomic mass is 10.1. The van der Waals surface area contributed by atoms with Crippen molar-refractivity contribution in [3.8, 4) is 0 Å². The second kappa shape index (κ2) is 5.10. The standard InChI is InChI=1S/C13H14BrNO3/c1-8-5-9(7-10(14)6-8)12(16)15-4-2-3-11(15)13(17)18/h5-7,11H,2-4H2,1H3,(H,17,18)/t11-/m0/s1. The smallest absolute Gasteiger partial charge is 0.326 e. The molecule has 1 aliphatic heterocycles. The van der Waals surface area contributed by atoms with Gasteiger partial charge in [0.05, 0.1) is 0 Å². The Morgan fingerprint density at radius 2 is 2.11 bits per heavy atom. The van der Waals surface area contributed by atoms with E-state index < -0.39 is 12.0 Å². The van der Waals surface area contributed by atoms with E-state index in [4.69, 9.17) is 5.11 Å². The van der Waals surface area contributed by atoms with E-state index in [2.05, 4.69) is 15.9 Å². The highest BCUT2D eigenvalue weighted by atomic mass is 79.9. The Hall–Kier alpha value is -1.36. The first-order valence-electron chi connectivity index (χ1n) is 5.80. The lowest BCUT2D eigenvalue weighted by Crippen LogP contribution is -2.40. The number of nitrogens with zero attached hydrogens (tertiary/aromatic N) is 1. The average Bonchev–Trinajstić information content (AvgIpc) is 2.75. The van der Waals surface area contributed by atoms with E-state index >= 15 is 0 Å². The van der Waals surface area contributed by atoms with E-state index in [1.165, 1.54) is 4.90 Å². The van der Waals surface area contributed by atoms with Crippen LogP contribution in [0.2, 0.25) is 0 Å². The molecule has 96 valence electrons. The minimum atomic E-state index is -0.924. The van der Waals surface area contributed by atoms with Crippen LogP contribution in [0.3, 0.4) is 0 Å². The van der Waals surface area contributed by atoms with E-state index in [-0.39, 0.29) is 5.91 Å². The number of benzene rings is 1. The summed E-state index contributed by atoms with van der Waals surface area (Å²) in [5.74, 6) is -1.13. The van der Waals surface area contributed by atoms with Crippen LogP contribution in [0.1, 0.15) is 28.8 Å². The molecule has 0 aromatic heterocycles.